The van der Waals surface area contributed by atoms with E-state index in [9.17, 15) is 9.59 Å². The number of methoxy groups -OCH3 is 1. The Bertz CT molecular complexity index is 640. The number of nitrogens with one attached hydrogen (secondary N) is 1. The van der Waals surface area contributed by atoms with Crippen molar-refractivity contribution in [2.45, 2.75) is 6.04 Å². The Morgan fingerprint density at radius 3 is 2.55 bits per heavy atom. The molecule has 0 saturated carbocycles. The predicted octanol–water partition coefficient (Wildman–Crippen LogP) is 1.13. The number of esters is 1. The van der Waals surface area contributed by atoms with Crippen LogP contribution < -0.4 is 11.1 Å². The SMILES string of the molecule is COC(=O)C(NCC(N)=O)c1ccc2ccccc2c1. The number of benzene rings is 2. The first-order valence-corrected chi connectivity index (χ1v) is 6.20. The number of hydrogen-bond donors (Lipinski definition) is 2. The Balaban J connectivity index is 2.34. The fourth-order valence-corrected chi connectivity index (χ4v) is 2.05. The maximum absolute atomic E-state index is 11.8. The van der Waals surface area contributed by atoms with Gasteiger partial charge in [-0.25, -0.2) is 4.79 Å². The monoisotopic (exact) mass is 272 g/mol. The smallest absolute Gasteiger partial charge is 0.327 e. The molecule has 20 heavy (non-hydrogen) atoms. The molecule has 0 fully saturated rings. The first-order valence-electron chi connectivity index (χ1n) is 6.20. The van der Waals surface area contributed by atoms with Crippen molar-refractivity contribution < 1.29 is 14.3 Å². The summed E-state index contributed by atoms with van der Waals surface area (Å²) in [6, 6.07) is 12.8. The average molecular weight is 272 g/mol. The summed E-state index contributed by atoms with van der Waals surface area (Å²) in [5.41, 5.74) is 5.83. The second kappa shape index (κ2) is 6.16. The Morgan fingerprint density at radius 2 is 1.90 bits per heavy atom. The van der Waals surface area contributed by atoms with Gasteiger partial charge in [0.2, 0.25) is 5.91 Å². The molecule has 104 valence electrons. The molecule has 2 aromatic rings. The summed E-state index contributed by atoms with van der Waals surface area (Å²) in [5.74, 6) is -0.985. The maximum Gasteiger partial charge on any atom is 0.327 e. The van der Waals surface area contributed by atoms with Gasteiger partial charge in [-0.2, -0.15) is 0 Å². The van der Waals surface area contributed by atoms with E-state index in [1.807, 2.05) is 42.5 Å². The van der Waals surface area contributed by atoms with Gasteiger partial charge in [0, 0.05) is 0 Å². The molecular weight excluding hydrogens is 256 g/mol. The van der Waals surface area contributed by atoms with Crippen LogP contribution in [0.1, 0.15) is 11.6 Å². The predicted molar refractivity (Wildman–Crippen MR) is 75.9 cm³/mol. The number of fused-ring (bicyclic) bond motifs is 1. The van der Waals surface area contributed by atoms with Crippen molar-refractivity contribution in [3.63, 3.8) is 0 Å². The molecule has 0 aromatic heterocycles. The van der Waals surface area contributed by atoms with Crippen LogP contribution in [0, 0.1) is 0 Å². The van der Waals surface area contributed by atoms with Gasteiger partial charge in [0.25, 0.3) is 0 Å². The molecule has 0 aliphatic carbocycles. The van der Waals surface area contributed by atoms with Crippen LogP contribution in [0.15, 0.2) is 42.5 Å². The molecule has 2 aromatic carbocycles. The molecule has 2 rings (SSSR count). The number of amides is 1. The van der Waals surface area contributed by atoms with Crippen LogP contribution in [0.5, 0.6) is 0 Å². The van der Waals surface area contributed by atoms with Gasteiger partial charge >= 0.3 is 5.97 Å². The minimum Gasteiger partial charge on any atom is -0.468 e. The van der Waals surface area contributed by atoms with E-state index in [0.717, 1.165) is 16.3 Å². The number of ether oxygens (including phenoxy) is 1. The van der Waals surface area contributed by atoms with Crippen LogP contribution in [-0.2, 0) is 14.3 Å². The minimum absolute atomic E-state index is 0.0907. The van der Waals surface area contributed by atoms with Crippen molar-refractivity contribution in [1.29, 1.82) is 0 Å². The molecule has 5 heteroatoms. The van der Waals surface area contributed by atoms with Crippen molar-refractivity contribution in [2.24, 2.45) is 5.73 Å². The van der Waals surface area contributed by atoms with Gasteiger partial charge < -0.3 is 10.5 Å². The number of hydrogen-bond acceptors (Lipinski definition) is 4. The molecule has 0 saturated heterocycles. The third-order valence-electron chi connectivity index (χ3n) is 3.02. The number of primary amides is 1. The molecule has 1 atom stereocenters. The number of carbonyl (C=O) groups excluding carboxylic acids is 2. The highest BCUT2D eigenvalue weighted by Gasteiger charge is 2.21. The van der Waals surface area contributed by atoms with Crippen LogP contribution in [0.2, 0.25) is 0 Å². The second-order valence-corrected chi connectivity index (χ2v) is 4.41. The lowest BCUT2D eigenvalue weighted by atomic mass is 10.0. The molecule has 0 aliphatic rings. The third-order valence-corrected chi connectivity index (χ3v) is 3.02. The van der Waals surface area contributed by atoms with E-state index in [4.69, 9.17) is 10.5 Å². The summed E-state index contributed by atoms with van der Waals surface area (Å²) < 4.78 is 4.76. The van der Waals surface area contributed by atoms with Crippen LogP contribution in [0.3, 0.4) is 0 Å². The van der Waals surface area contributed by atoms with E-state index < -0.39 is 17.9 Å². The molecule has 3 N–H and O–H groups in total. The fraction of sp³-hybridized carbons (Fsp3) is 0.200. The van der Waals surface area contributed by atoms with Crippen LogP contribution >= 0.6 is 0 Å². The van der Waals surface area contributed by atoms with E-state index in [1.165, 1.54) is 7.11 Å². The first kappa shape index (κ1) is 14.0. The summed E-state index contributed by atoms with van der Waals surface area (Å²) in [5, 5.41) is 4.89. The zero-order valence-electron chi connectivity index (χ0n) is 11.1. The quantitative estimate of drug-likeness (QED) is 0.799. The molecule has 1 amide bonds. The zero-order chi connectivity index (χ0) is 14.5. The molecule has 5 nitrogen and oxygen atoms in total. The van der Waals surface area contributed by atoms with E-state index in [-0.39, 0.29) is 6.54 Å². The summed E-state index contributed by atoms with van der Waals surface area (Å²) in [6.45, 7) is -0.0907. The van der Waals surface area contributed by atoms with Gasteiger partial charge in [-0.1, -0.05) is 36.4 Å². The molecule has 0 bridgehead atoms. The Hall–Kier alpha value is -2.40. The van der Waals surface area contributed by atoms with Gasteiger partial charge in [0.05, 0.1) is 13.7 Å². The van der Waals surface area contributed by atoms with E-state index in [0.29, 0.717) is 0 Å². The van der Waals surface area contributed by atoms with Gasteiger partial charge in [0.1, 0.15) is 6.04 Å². The van der Waals surface area contributed by atoms with E-state index in [1.54, 1.807) is 0 Å². The molecule has 1 unspecified atom stereocenters. The van der Waals surface area contributed by atoms with E-state index >= 15 is 0 Å². The van der Waals surface area contributed by atoms with Crippen molar-refractivity contribution in [3.8, 4) is 0 Å². The number of carbonyl (C=O) groups is 2. The van der Waals surface area contributed by atoms with Gasteiger partial charge in [-0.15, -0.1) is 0 Å². The largest absolute Gasteiger partial charge is 0.468 e. The van der Waals surface area contributed by atoms with E-state index in [2.05, 4.69) is 5.32 Å². The van der Waals surface area contributed by atoms with Gasteiger partial charge in [0.15, 0.2) is 0 Å². The molecular formula is C15H16N2O3. The lowest BCUT2D eigenvalue weighted by Gasteiger charge is -2.16. The Kier molecular flexibility index (Phi) is 4.32. The van der Waals surface area contributed by atoms with Crippen molar-refractivity contribution >= 4 is 22.6 Å². The molecule has 0 heterocycles. The van der Waals surface area contributed by atoms with Crippen LogP contribution in [-0.4, -0.2) is 25.5 Å². The Morgan fingerprint density at radius 1 is 1.20 bits per heavy atom. The van der Waals surface area contributed by atoms with Gasteiger partial charge in [-0.05, 0) is 22.4 Å². The zero-order valence-corrected chi connectivity index (χ0v) is 11.1. The standard InChI is InChI=1S/C15H16N2O3/c1-20-15(19)14(17-9-13(16)18)12-7-6-10-4-2-3-5-11(10)8-12/h2-8,14,17H,9H2,1H3,(H2,16,18). The maximum atomic E-state index is 11.8. The summed E-state index contributed by atoms with van der Waals surface area (Å²) in [6.07, 6.45) is 0. The highest BCUT2D eigenvalue weighted by molar-refractivity contribution is 5.86. The van der Waals surface area contributed by atoms with Crippen LogP contribution in [0.25, 0.3) is 10.8 Å². The van der Waals surface area contributed by atoms with Crippen molar-refractivity contribution in [3.05, 3.63) is 48.0 Å². The lowest BCUT2D eigenvalue weighted by Crippen LogP contribution is -2.36. The third kappa shape index (κ3) is 3.13. The normalized spacial score (nSPS) is 12.1. The summed E-state index contributed by atoms with van der Waals surface area (Å²) in [7, 11) is 1.31. The van der Waals surface area contributed by atoms with Crippen molar-refractivity contribution in [2.75, 3.05) is 13.7 Å². The highest BCUT2D eigenvalue weighted by Crippen LogP contribution is 2.21. The topological polar surface area (TPSA) is 81.4 Å². The van der Waals surface area contributed by atoms with Crippen molar-refractivity contribution in [1.82, 2.24) is 5.32 Å². The molecule has 0 radical (unpaired) electrons. The lowest BCUT2D eigenvalue weighted by molar-refractivity contribution is -0.143. The second-order valence-electron chi connectivity index (χ2n) is 4.41. The number of rotatable bonds is 5. The summed E-state index contributed by atoms with van der Waals surface area (Å²) in [4.78, 5) is 22.7. The first-order chi connectivity index (χ1) is 9.61. The van der Waals surface area contributed by atoms with Gasteiger partial charge in [-0.3, -0.25) is 10.1 Å². The average Bonchev–Trinajstić information content (AvgIpc) is 2.46. The minimum atomic E-state index is -0.711. The molecule has 0 aliphatic heterocycles. The Labute approximate surface area is 116 Å². The molecule has 0 spiro atoms. The van der Waals surface area contributed by atoms with Crippen LogP contribution in [0.4, 0.5) is 0 Å². The highest BCUT2D eigenvalue weighted by atomic mass is 16.5. The summed E-state index contributed by atoms with van der Waals surface area (Å²) >= 11 is 0. The fourth-order valence-electron chi connectivity index (χ4n) is 2.05. The number of nitrogens with two attached hydrogens (primary N) is 1.